The van der Waals surface area contributed by atoms with Gasteiger partial charge in [-0.1, -0.05) is 26.0 Å². The number of rotatable bonds is 5. The van der Waals surface area contributed by atoms with Crippen LogP contribution >= 0.6 is 0 Å². The topological polar surface area (TPSA) is 77.2 Å². The fourth-order valence-corrected chi connectivity index (χ4v) is 1.93. The van der Waals surface area contributed by atoms with Crippen molar-refractivity contribution in [2.24, 2.45) is 0 Å². The molecule has 0 aliphatic rings. The van der Waals surface area contributed by atoms with Gasteiger partial charge < -0.3 is 9.84 Å². The van der Waals surface area contributed by atoms with Gasteiger partial charge in [0.1, 0.15) is 0 Å². The van der Waals surface area contributed by atoms with Crippen LogP contribution in [0.4, 0.5) is 0 Å². The van der Waals surface area contributed by atoms with E-state index in [9.17, 15) is 9.90 Å². The fourth-order valence-electron chi connectivity index (χ4n) is 1.93. The van der Waals surface area contributed by atoms with Crippen molar-refractivity contribution in [3.05, 3.63) is 11.4 Å². The number of esters is 1. The maximum absolute atomic E-state index is 11.9. The maximum atomic E-state index is 11.9. The summed E-state index contributed by atoms with van der Waals surface area (Å²) in [6.45, 7) is 12.0. The van der Waals surface area contributed by atoms with Crippen molar-refractivity contribution >= 4 is 5.97 Å². The van der Waals surface area contributed by atoms with E-state index in [-0.39, 0.29) is 11.1 Å². The monoisotopic (exact) mass is 283 g/mol. The lowest BCUT2D eigenvalue weighted by Gasteiger charge is -2.23. The normalized spacial score (nSPS) is 12.6. The number of aryl methyl sites for hydroxylation is 1. The third-order valence-electron chi connectivity index (χ3n) is 2.85. The summed E-state index contributed by atoms with van der Waals surface area (Å²) in [5.41, 5.74) is -0.0774. The van der Waals surface area contributed by atoms with E-state index in [1.165, 1.54) is 0 Å². The van der Waals surface area contributed by atoms with Gasteiger partial charge in [0, 0.05) is 12.0 Å². The number of nitrogens with zero attached hydrogens (tertiary/aromatic N) is 3. The third-order valence-corrected chi connectivity index (χ3v) is 2.85. The Morgan fingerprint density at radius 3 is 2.35 bits per heavy atom. The highest BCUT2D eigenvalue weighted by Gasteiger charge is 2.30. The second-order valence-electron chi connectivity index (χ2n) is 6.54. The molecule has 1 aromatic rings. The van der Waals surface area contributed by atoms with Gasteiger partial charge in [0.2, 0.25) is 0 Å². The molecule has 0 aliphatic carbocycles. The van der Waals surface area contributed by atoms with Crippen molar-refractivity contribution in [2.45, 2.75) is 65.5 Å². The minimum absolute atomic E-state index is 0.259. The minimum atomic E-state index is -0.787. The molecular formula is C14H25N3O3. The van der Waals surface area contributed by atoms with Gasteiger partial charge in [0.05, 0.1) is 17.9 Å². The molecule has 1 aromatic heterocycles. The predicted molar refractivity (Wildman–Crippen MR) is 75.6 cm³/mol. The van der Waals surface area contributed by atoms with E-state index in [4.69, 9.17) is 4.74 Å². The highest BCUT2D eigenvalue weighted by Crippen LogP contribution is 2.26. The molecule has 114 valence electrons. The van der Waals surface area contributed by atoms with E-state index in [1.807, 2.05) is 20.8 Å². The van der Waals surface area contributed by atoms with Crippen LogP contribution in [0.25, 0.3) is 0 Å². The summed E-state index contributed by atoms with van der Waals surface area (Å²) in [4.78, 5) is 11.9. The molecule has 1 N–H and O–H groups in total. The van der Waals surface area contributed by atoms with Crippen LogP contribution in [0.2, 0.25) is 0 Å². The Kier molecular flexibility index (Phi) is 4.91. The summed E-state index contributed by atoms with van der Waals surface area (Å²) in [5.74, 6) is -0.452. The number of aliphatic hydroxyl groups is 1. The van der Waals surface area contributed by atoms with Crippen LogP contribution in [-0.2, 0) is 16.7 Å². The summed E-state index contributed by atoms with van der Waals surface area (Å²) in [6, 6.07) is 0. The first-order valence-corrected chi connectivity index (χ1v) is 6.89. The average molecular weight is 283 g/mol. The smallest absolute Gasteiger partial charge is 0.360 e. The van der Waals surface area contributed by atoms with Crippen molar-refractivity contribution in [3.63, 3.8) is 0 Å². The molecule has 6 nitrogen and oxygen atoms in total. The molecule has 0 unspecified atom stereocenters. The van der Waals surface area contributed by atoms with Crippen LogP contribution < -0.4 is 0 Å². The van der Waals surface area contributed by atoms with E-state index >= 15 is 0 Å². The largest absolute Gasteiger partial charge is 0.461 e. The fraction of sp³-hybridized carbons (Fsp3) is 0.786. The Balaban J connectivity index is 3.10. The standard InChI is InChI=1S/C14H25N3O3/c1-7-20-12(18)10-11(13(2,3)4)17(16-15-10)9-8-14(5,6)19/h19H,7-9H2,1-6H3. The van der Waals surface area contributed by atoms with Gasteiger partial charge in [-0.15, -0.1) is 5.10 Å². The number of carbonyl (C=O) groups is 1. The van der Waals surface area contributed by atoms with Crippen molar-refractivity contribution < 1.29 is 14.6 Å². The van der Waals surface area contributed by atoms with Crippen LogP contribution in [0, 0.1) is 0 Å². The van der Waals surface area contributed by atoms with Crippen molar-refractivity contribution in [2.75, 3.05) is 6.61 Å². The maximum Gasteiger partial charge on any atom is 0.360 e. The molecule has 0 bridgehead atoms. The molecule has 0 fully saturated rings. The number of carbonyl (C=O) groups excluding carboxylic acids is 1. The average Bonchev–Trinajstić information content (AvgIpc) is 2.69. The molecule has 0 spiro atoms. The molecule has 0 aliphatic heterocycles. The van der Waals surface area contributed by atoms with Crippen LogP contribution in [0.3, 0.4) is 0 Å². The minimum Gasteiger partial charge on any atom is -0.461 e. The summed E-state index contributed by atoms with van der Waals surface area (Å²) in [5, 5.41) is 17.8. The second kappa shape index (κ2) is 5.91. The van der Waals surface area contributed by atoms with E-state index < -0.39 is 11.6 Å². The van der Waals surface area contributed by atoms with Crippen molar-refractivity contribution in [1.82, 2.24) is 15.0 Å². The van der Waals surface area contributed by atoms with Crippen LogP contribution in [0.1, 0.15) is 64.1 Å². The molecular weight excluding hydrogens is 258 g/mol. The Morgan fingerprint density at radius 2 is 1.90 bits per heavy atom. The Morgan fingerprint density at radius 1 is 1.30 bits per heavy atom. The Bertz CT molecular complexity index is 467. The van der Waals surface area contributed by atoms with Gasteiger partial charge in [0.25, 0.3) is 0 Å². The molecule has 0 aromatic carbocycles. The van der Waals surface area contributed by atoms with Crippen molar-refractivity contribution in [1.29, 1.82) is 0 Å². The van der Waals surface area contributed by atoms with E-state index in [2.05, 4.69) is 10.3 Å². The Hall–Kier alpha value is -1.43. The summed E-state index contributed by atoms with van der Waals surface area (Å²) in [6.07, 6.45) is 0.529. The Labute approximate surface area is 120 Å². The number of hydrogen-bond acceptors (Lipinski definition) is 5. The van der Waals surface area contributed by atoms with E-state index in [0.717, 1.165) is 5.69 Å². The lowest BCUT2D eigenvalue weighted by Crippen LogP contribution is -2.26. The molecule has 0 radical (unpaired) electrons. The molecule has 0 atom stereocenters. The molecule has 1 rings (SSSR count). The van der Waals surface area contributed by atoms with E-state index in [1.54, 1.807) is 25.5 Å². The zero-order chi connectivity index (χ0) is 15.6. The first kappa shape index (κ1) is 16.6. The third kappa shape index (κ3) is 4.30. The van der Waals surface area contributed by atoms with Crippen molar-refractivity contribution in [3.8, 4) is 0 Å². The molecule has 0 saturated heterocycles. The summed E-state index contributed by atoms with van der Waals surface area (Å²) >= 11 is 0. The van der Waals surface area contributed by atoms with Gasteiger partial charge >= 0.3 is 5.97 Å². The first-order chi connectivity index (χ1) is 9.06. The molecule has 0 saturated carbocycles. The van der Waals surface area contributed by atoms with Gasteiger partial charge in [-0.2, -0.15) is 0 Å². The lowest BCUT2D eigenvalue weighted by molar-refractivity contribution is 0.0516. The zero-order valence-electron chi connectivity index (χ0n) is 13.2. The van der Waals surface area contributed by atoms with Gasteiger partial charge in [-0.25, -0.2) is 9.48 Å². The van der Waals surface area contributed by atoms with Gasteiger partial charge in [-0.05, 0) is 27.2 Å². The molecule has 1 heterocycles. The molecule has 0 amide bonds. The zero-order valence-corrected chi connectivity index (χ0v) is 13.2. The molecule has 20 heavy (non-hydrogen) atoms. The first-order valence-electron chi connectivity index (χ1n) is 6.89. The van der Waals surface area contributed by atoms with Crippen LogP contribution in [-0.4, -0.2) is 38.3 Å². The summed E-state index contributed by atoms with van der Waals surface area (Å²) in [7, 11) is 0. The van der Waals surface area contributed by atoms with E-state index in [0.29, 0.717) is 19.6 Å². The quantitative estimate of drug-likeness (QED) is 0.835. The SMILES string of the molecule is CCOC(=O)c1nnn(CCC(C)(C)O)c1C(C)(C)C. The second-order valence-corrected chi connectivity index (χ2v) is 6.54. The number of ether oxygens (including phenoxy) is 1. The van der Waals surface area contributed by atoms with Gasteiger partial charge in [-0.3, -0.25) is 0 Å². The lowest BCUT2D eigenvalue weighted by atomic mass is 9.90. The van der Waals surface area contributed by atoms with Crippen LogP contribution in [0.5, 0.6) is 0 Å². The number of hydrogen-bond donors (Lipinski definition) is 1. The van der Waals surface area contributed by atoms with Crippen LogP contribution in [0.15, 0.2) is 0 Å². The highest BCUT2D eigenvalue weighted by molar-refractivity contribution is 5.88. The molecule has 6 heteroatoms. The van der Waals surface area contributed by atoms with Gasteiger partial charge in [0.15, 0.2) is 5.69 Å². The predicted octanol–water partition coefficient (Wildman–Crippen LogP) is 1.91. The highest BCUT2D eigenvalue weighted by atomic mass is 16.5. The number of aromatic nitrogens is 3. The summed E-state index contributed by atoms with van der Waals surface area (Å²) < 4.78 is 6.70.